The van der Waals surface area contributed by atoms with Crippen molar-refractivity contribution in [1.29, 1.82) is 0 Å². The van der Waals surface area contributed by atoms with Crippen molar-refractivity contribution in [2.24, 2.45) is 5.92 Å². The normalized spacial score (nSPS) is 15.9. The summed E-state index contributed by atoms with van der Waals surface area (Å²) in [6, 6.07) is 5.97. The zero-order valence-electron chi connectivity index (χ0n) is 14.7. The third-order valence-electron chi connectivity index (χ3n) is 4.63. The molecule has 0 bridgehead atoms. The van der Waals surface area contributed by atoms with Gasteiger partial charge in [0, 0.05) is 11.4 Å². The molecule has 6 nitrogen and oxygen atoms in total. The van der Waals surface area contributed by atoms with Crippen LogP contribution < -0.4 is 10.6 Å². The lowest BCUT2D eigenvalue weighted by Gasteiger charge is -2.21. The lowest BCUT2D eigenvalue weighted by atomic mass is 9.87. The van der Waals surface area contributed by atoms with Crippen molar-refractivity contribution in [3.05, 3.63) is 34.9 Å². The Labute approximate surface area is 158 Å². The fourth-order valence-corrected chi connectivity index (χ4v) is 3.40. The Balaban J connectivity index is 1.83. The summed E-state index contributed by atoms with van der Waals surface area (Å²) >= 11 is 5.84. The van der Waals surface area contributed by atoms with Crippen LogP contribution in [0.4, 0.5) is 0 Å². The van der Waals surface area contributed by atoms with Crippen molar-refractivity contribution >= 4 is 29.4 Å². The summed E-state index contributed by atoms with van der Waals surface area (Å²) in [6.07, 6.45) is 5.89. The summed E-state index contributed by atoms with van der Waals surface area (Å²) in [5.74, 6) is -1.16. The number of benzene rings is 1. The standard InChI is InChI=1S/C19H25ClN2O4/c20-15-8-6-14(7-9-15)16(11-19(25)26)22-18(24)12-21-17(23)10-13-4-2-1-3-5-13/h6-9,13,16H,1-5,10-12H2,(H,21,23)(H,22,24)(H,25,26)/t16-/m0/s1. The molecule has 3 N–H and O–H groups in total. The largest absolute Gasteiger partial charge is 0.481 e. The van der Waals surface area contributed by atoms with Crippen LogP contribution in [0.1, 0.15) is 56.6 Å². The van der Waals surface area contributed by atoms with Crippen molar-refractivity contribution in [2.75, 3.05) is 6.54 Å². The van der Waals surface area contributed by atoms with E-state index in [1.807, 2.05) is 0 Å². The van der Waals surface area contributed by atoms with Gasteiger partial charge in [0.25, 0.3) is 0 Å². The van der Waals surface area contributed by atoms with Gasteiger partial charge in [0.1, 0.15) is 0 Å². The maximum atomic E-state index is 12.1. The first kappa shape index (κ1) is 20.2. The van der Waals surface area contributed by atoms with E-state index < -0.39 is 17.9 Å². The molecule has 2 rings (SSSR count). The monoisotopic (exact) mass is 380 g/mol. The summed E-state index contributed by atoms with van der Waals surface area (Å²) in [6.45, 7) is -0.157. The van der Waals surface area contributed by atoms with Gasteiger partial charge in [0.15, 0.2) is 0 Å². The van der Waals surface area contributed by atoms with E-state index >= 15 is 0 Å². The number of amides is 2. The molecule has 1 aliphatic carbocycles. The van der Waals surface area contributed by atoms with E-state index in [9.17, 15) is 14.4 Å². The van der Waals surface area contributed by atoms with E-state index in [1.54, 1.807) is 24.3 Å². The smallest absolute Gasteiger partial charge is 0.305 e. The first-order chi connectivity index (χ1) is 12.4. The Hall–Kier alpha value is -2.08. The number of rotatable bonds is 8. The number of hydrogen-bond donors (Lipinski definition) is 3. The van der Waals surface area contributed by atoms with Gasteiger partial charge in [-0.15, -0.1) is 0 Å². The Bertz CT molecular complexity index is 627. The van der Waals surface area contributed by atoms with Gasteiger partial charge in [-0.25, -0.2) is 0 Å². The highest BCUT2D eigenvalue weighted by molar-refractivity contribution is 6.30. The van der Waals surface area contributed by atoms with Crippen LogP contribution in [-0.2, 0) is 14.4 Å². The average molecular weight is 381 g/mol. The first-order valence-electron chi connectivity index (χ1n) is 8.97. The van der Waals surface area contributed by atoms with Gasteiger partial charge in [0.2, 0.25) is 11.8 Å². The molecule has 0 aromatic heterocycles. The molecule has 0 spiro atoms. The second kappa shape index (κ2) is 10.2. The Morgan fingerprint density at radius 2 is 1.73 bits per heavy atom. The van der Waals surface area contributed by atoms with E-state index in [0.717, 1.165) is 25.7 Å². The molecule has 0 heterocycles. The van der Waals surface area contributed by atoms with Gasteiger partial charge >= 0.3 is 5.97 Å². The Morgan fingerprint density at radius 3 is 2.35 bits per heavy atom. The summed E-state index contributed by atoms with van der Waals surface area (Å²) in [7, 11) is 0. The lowest BCUT2D eigenvalue weighted by molar-refractivity contribution is -0.138. The third-order valence-corrected chi connectivity index (χ3v) is 4.88. The van der Waals surface area contributed by atoms with Gasteiger partial charge < -0.3 is 15.7 Å². The number of aliphatic carboxylic acids is 1. The highest BCUT2D eigenvalue weighted by atomic mass is 35.5. The van der Waals surface area contributed by atoms with Gasteiger partial charge in [-0.3, -0.25) is 14.4 Å². The van der Waals surface area contributed by atoms with Crippen LogP contribution in [0.5, 0.6) is 0 Å². The van der Waals surface area contributed by atoms with Gasteiger partial charge in [-0.05, 0) is 36.5 Å². The molecule has 1 saturated carbocycles. The van der Waals surface area contributed by atoms with Crippen LogP contribution in [0.25, 0.3) is 0 Å². The van der Waals surface area contributed by atoms with Gasteiger partial charge in [-0.1, -0.05) is 43.0 Å². The Kier molecular flexibility index (Phi) is 7.91. The van der Waals surface area contributed by atoms with Crippen molar-refractivity contribution in [3.8, 4) is 0 Å². The SMILES string of the molecule is O=C(O)C[C@H](NC(=O)CNC(=O)CC1CCCCC1)c1ccc(Cl)cc1. The highest BCUT2D eigenvalue weighted by Crippen LogP contribution is 2.26. The number of carboxylic acids is 1. The molecule has 7 heteroatoms. The second-order valence-electron chi connectivity index (χ2n) is 6.75. The number of carbonyl (C=O) groups is 3. The molecule has 0 saturated heterocycles. The zero-order chi connectivity index (χ0) is 18.9. The molecule has 1 fully saturated rings. The number of halogens is 1. The minimum Gasteiger partial charge on any atom is -0.481 e. The highest BCUT2D eigenvalue weighted by Gasteiger charge is 2.20. The van der Waals surface area contributed by atoms with Crippen molar-refractivity contribution in [3.63, 3.8) is 0 Å². The van der Waals surface area contributed by atoms with Gasteiger partial charge in [-0.2, -0.15) is 0 Å². The minimum atomic E-state index is -1.02. The molecule has 2 amide bonds. The molecule has 0 aliphatic heterocycles. The molecule has 1 atom stereocenters. The summed E-state index contributed by atoms with van der Waals surface area (Å²) in [5, 5.41) is 14.9. The predicted molar refractivity (Wildman–Crippen MR) is 98.8 cm³/mol. The number of carbonyl (C=O) groups excluding carboxylic acids is 2. The fraction of sp³-hybridized carbons (Fsp3) is 0.526. The Morgan fingerprint density at radius 1 is 1.08 bits per heavy atom. The van der Waals surface area contributed by atoms with Crippen molar-refractivity contribution in [2.45, 2.75) is 51.0 Å². The maximum absolute atomic E-state index is 12.1. The molecule has 1 aliphatic rings. The van der Waals surface area contributed by atoms with Crippen LogP contribution in [0.2, 0.25) is 5.02 Å². The molecule has 1 aromatic carbocycles. The predicted octanol–water partition coefficient (Wildman–Crippen LogP) is 3.06. The van der Waals surface area contributed by atoms with E-state index in [1.165, 1.54) is 6.42 Å². The average Bonchev–Trinajstić information content (AvgIpc) is 2.60. The second-order valence-corrected chi connectivity index (χ2v) is 7.19. The minimum absolute atomic E-state index is 0.131. The molecule has 0 unspecified atom stereocenters. The topological polar surface area (TPSA) is 95.5 Å². The van der Waals surface area contributed by atoms with Gasteiger partial charge in [0.05, 0.1) is 19.0 Å². The summed E-state index contributed by atoms with van der Waals surface area (Å²) in [4.78, 5) is 35.2. The molecular formula is C19H25ClN2O4. The van der Waals surface area contributed by atoms with E-state index in [0.29, 0.717) is 22.9 Å². The molecule has 0 radical (unpaired) electrons. The van der Waals surface area contributed by atoms with Crippen LogP contribution in [-0.4, -0.2) is 29.4 Å². The molecule has 26 heavy (non-hydrogen) atoms. The third kappa shape index (κ3) is 7.04. The number of nitrogens with one attached hydrogen (secondary N) is 2. The zero-order valence-corrected chi connectivity index (χ0v) is 15.4. The fourth-order valence-electron chi connectivity index (χ4n) is 3.27. The van der Waals surface area contributed by atoms with Crippen LogP contribution >= 0.6 is 11.6 Å². The van der Waals surface area contributed by atoms with Crippen LogP contribution in [0, 0.1) is 5.92 Å². The van der Waals surface area contributed by atoms with Crippen molar-refractivity contribution < 1.29 is 19.5 Å². The maximum Gasteiger partial charge on any atom is 0.305 e. The van der Waals surface area contributed by atoms with Crippen LogP contribution in [0.3, 0.4) is 0 Å². The van der Waals surface area contributed by atoms with E-state index in [4.69, 9.17) is 16.7 Å². The molecule has 142 valence electrons. The summed E-state index contributed by atoms with van der Waals surface area (Å²) < 4.78 is 0. The van der Waals surface area contributed by atoms with E-state index in [2.05, 4.69) is 10.6 Å². The lowest BCUT2D eigenvalue weighted by Crippen LogP contribution is -2.39. The first-order valence-corrected chi connectivity index (χ1v) is 9.35. The summed E-state index contributed by atoms with van der Waals surface area (Å²) in [5.41, 5.74) is 0.652. The number of hydrogen-bond acceptors (Lipinski definition) is 3. The number of carboxylic acid groups (broad SMARTS) is 1. The van der Waals surface area contributed by atoms with Crippen LogP contribution in [0.15, 0.2) is 24.3 Å². The molecular weight excluding hydrogens is 356 g/mol. The van der Waals surface area contributed by atoms with E-state index in [-0.39, 0.29) is 18.9 Å². The quantitative estimate of drug-likeness (QED) is 0.645. The van der Waals surface area contributed by atoms with Crippen molar-refractivity contribution in [1.82, 2.24) is 10.6 Å². The molecule has 1 aromatic rings.